The summed E-state index contributed by atoms with van der Waals surface area (Å²) in [5, 5.41) is 62.2. The van der Waals surface area contributed by atoms with Crippen LogP contribution in [-0.4, -0.2) is 170 Å². The highest BCUT2D eigenvalue weighted by Crippen LogP contribution is 2.40. The highest BCUT2D eigenvalue weighted by Gasteiger charge is 2.53. The molecule has 4 heterocycles. The quantitative estimate of drug-likeness (QED) is 0.207. The van der Waals surface area contributed by atoms with Crippen molar-refractivity contribution < 1.29 is 63.5 Å². The average molecular weight is 855 g/mol. The molecule has 4 rings (SSSR count). The third-order valence-corrected chi connectivity index (χ3v) is 13.1. The van der Waals surface area contributed by atoms with E-state index in [0.29, 0.717) is 12.1 Å². The molecule has 0 unspecified atom stereocenters. The van der Waals surface area contributed by atoms with Crippen LogP contribution in [0.4, 0.5) is 10.5 Å². The molecular weight excluding hydrogens is 780 g/mol. The van der Waals surface area contributed by atoms with E-state index in [0.717, 1.165) is 0 Å². The Hall–Kier alpha value is -2.55. The maximum Gasteiger partial charge on any atom is 0.322 e. The molecule has 1 aromatic heterocycles. The van der Waals surface area contributed by atoms with Crippen LogP contribution < -0.4 is 5.32 Å². The molecule has 1 aromatic rings. The molecular formula is C43H74N4O13. The van der Waals surface area contributed by atoms with E-state index in [1.165, 1.54) is 31.3 Å². The zero-order valence-electron chi connectivity index (χ0n) is 37.8. The minimum absolute atomic E-state index is 0.00338. The van der Waals surface area contributed by atoms with Crippen LogP contribution in [0.25, 0.3) is 0 Å². The number of hydrogen-bond acceptors (Lipinski definition) is 15. The standard InChI is InChI=1S/C43H74N4O13/c1-14-31-43(10,54)35(49)27(6)47(40(52)45-29-15-17-44-18-16-29)22-23(2)20-41(8,53)37(60-39-33(48)30(46(11)12)19-24(3)56-39)25(4)34(26(5)38(51)58-31)59-32-21-42(9,55-13)36(50)28(7)57-32/h15-18,23-28,30-37,39,48-50,53-54H,14,19-22H2,1-13H3,(H,44,45,52)/t23-,24-,25+,26-,27-,28-,30-,31-,32-,33-,34+,35-,36-,37-,39+,41-,42+,43-/m1/s1. The van der Waals surface area contributed by atoms with Crippen LogP contribution in [0.2, 0.25) is 0 Å². The second-order valence-corrected chi connectivity index (χ2v) is 18.5. The fraction of sp³-hybridized carbons (Fsp3) is 0.837. The SMILES string of the molecule is CC[C@H]1OC(=O)[C@H](C)[C@@H](O[C@@H]2C[C@](C)(OC)[C@H](O)[C@@H](C)O2)[C@H](C)[C@@H](O[C@@H]2O[C@H](C)C[C@@H](N(C)C)[C@H]2O)[C@](C)(O)C[C@@H](C)CN(C(=O)Nc2ccncc2)[C@H](C)[C@@H](O)[C@]1(C)O. The maximum absolute atomic E-state index is 14.4. The summed E-state index contributed by atoms with van der Waals surface area (Å²) in [6.45, 7) is 16.8. The number of rotatable bonds is 8. The van der Waals surface area contributed by atoms with E-state index < -0.39 is 108 Å². The number of ether oxygens (including phenoxy) is 6. The van der Waals surface area contributed by atoms with Crippen LogP contribution in [-0.2, 0) is 33.2 Å². The molecule has 60 heavy (non-hydrogen) atoms. The minimum atomic E-state index is -2.05. The Bertz CT molecular complexity index is 1540. The summed E-state index contributed by atoms with van der Waals surface area (Å²) in [4.78, 5) is 35.8. The largest absolute Gasteiger partial charge is 0.459 e. The van der Waals surface area contributed by atoms with E-state index in [1.54, 1.807) is 60.6 Å². The Morgan fingerprint density at radius 2 is 1.62 bits per heavy atom. The van der Waals surface area contributed by atoms with Gasteiger partial charge in [-0.2, -0.15) is 0 Å². The van der Waals surface area contributed by atoms with Gasteiger partial charge in [0.15, 0.2) is 12.6 Å². The lowest BCUT2D eigenvalue weighted by Crippen LogP contribution is -2.61. The van der Waals surface area contributed by atoms with Gasteiger partial charge in [0, 0.05) is 50.1 Å². The van der Waals surface area contributed by atoms with Crippen molar-refractivity contribution in [1.29, 1.82) is 0 Å². The van der Waals surface area contributed by atoms with Crippen molar-refractivity contribution in [3.63, 3.8) is 0 Å². The summed E-state index contributed by atoms with van der Waals surface area (Å²) in [5.74, 6) is -3.21. The topological polar surface area (TPSA) is 222 Å². The summed E-state index contributed by atoms with van der Waals surface area (Å²) >= 11 is 0. The average Bonchev–Trinajstić information content (AvgIpc) is 3.18. The third kappa shape index (κ3) is 11.3. The lowest BCUT2D eigenvalue weighted by molar-refractivity contribution is -0.318. The van der Waals surface area contributed by atoms with E-state index in [4.69, 9.17) is 28.4 Å². The summed E-state index contributed by atoms with van der Waals surface area (Å²) in [7, 11) is 5.20. The van der Waals surface area contributed by atoms with Crippen LogP contribution in [0.3, 0.4) is 0 Å². The van der Waals surface area contributed by atoms with E-state index >= 15 is 0 Å². The number of methoxy groups -OCH3 is 1. The van der Waals surface area contributed by atoms with Crippen LogP contribution in [0.5, 0.6) is 0 Å². The molecule has 0 aliphatic carbocycles. The van der Waals surface area contributed by atoms with E-state index in [2.05, 4.69) is 10.3 Å². The van der Waals surface area contributed by atoms with E-state index in [-0.39, 0.29) is 38.0 Å². The van der Waals surface area contributed by atoms with Gasteiger partial charge in [0.25, 0.3) is 0 Å². The number of aliphatic hydroxyl groups excluding tert-OH is 3. The number of cyclic esters (lactones) is 1. The van der Waals surface area contributed by atoms with E-state index in [1.807, 2.05) is 32.8 Å². The van der Waals surface area contributed by atoms with Crippen LogP contribution in [0, 0.1) is 17.8 Å². The van der Waals surface area contributed by atoms with Gasteiger partial charge in [-0.15, -0.1) is 0 Å². The summed E-state index contributed by atoms with van der Waals surface area (Å²) in [6.07, 6.45) is -6.71. The molecule has 3 aliphatic heterocycles. The van der Waals surface area contributed by atoms with Gasteiger partial charge in [-0.3, -0.25) is 9.78 Å². The van der Waals surface area contributed by atoms with Gasteiger partial charge in [-0.25, -0.2) is 4.79 Å². The monoisotopic (exact) mass is 855 g/mol. The molecule has 0 saturated carbocycles. The number of amides is 2. The van der Waals surface area contributed by atoms with Crippen LogP contribution in [0.15, 0.2) is 24.5 Å². The number of aliphatic hydroxyl groups is 5. The molecule has 0 radical (unpaired) electrons. The Balaban J connectivity index is 1.86. The summed E-state index contributed by atoms with van der Waals surface area (Å²) in [5.41, 5.74) is -4.41. The van der Waals surface area contributed by atoms with Crippen molar-refractivity contribution in [3.05, 3.63) is 24.5 Å². The predicted molar refractivity (Wildman–Crippen MR) is 222 cm³/mol. The summed E-state index contributed by atoms with van der Waals surface area (Å²) < 4.78 is 37.7. The molecule has 17 nitrogen and oxygen atoms in total. The first-order valence-corrected chi connectivity index (χ1v) is 21.4. The molecule has 6 N–H and O–H groups in total. The number of aromatic nitrogens is 1. The fourth-order valence-corrected chi connectivity index (χ4v) is 9.41. The number of hydrogen-bond donors (Lipinski definition) is 6. The Morgan fingerprint density at radius 1 is 0.983 bits per heavy atom. The first-order valence-electron chi connectivity index (χ1n) is 21.4. The number of nitrogens with zero attached hydrogens (tertiary/aromatic N) is 3. The van der Waals surface area contributed by atoms with Crippen molar-refractivity contribution in [2.75, 3.05) is 33.1 Å². The number of pyridine rings is 1. The molecule has 0 aromatic carbocycles. The normalized spacial score (nSPS) is 44.1. The van der Waals surface area contributed by atoms with E-state index in [9.17, 15) is 35.1 Å². The van der Waals surface area contributed by atoms with Gasteiger partial charge in [0.1, 0.15) is 30.0 Å². The second-order valence-electron chi connectivity index (χ2n) is 18.5. The Morgan fingerprint density at radius 3 is 2.20 bits per heavy atom. The molecule has 18 atom stereocenters. The minimum Gasteiger partial charge on any atom is -0.459 e. The van der Waals surface area contributed by atoms with Gasteiger partial charge in [0.2, 0.25) is 0 Å². The molecule has 344 valence electrons. The maximum atomic E-state index is 14.4. The number of carbonyl (C=O) groups excluding carboxylic acids is 2. The molecule has 3 fully saturated rings. The van der Waals surface area contributed by atoms with Crippen LogP contribution in [0.1, 0.15) is 94.9 Å². The van der Waals surface area contributed by atoms with Gasteiger partial charge in [-0.05, 0) is 99.9 Å². The van der Waals surface area contributed by atoms with Gasteiger partial charge < -0.3 is 69.1 Å². The number of nitrogens with one attached hydrogen (secondary N) is 1. The van der Waals surface area contributed by atoms with Gasteiger partial charge >= 0.3 is 12.0 Å². The van der Waals surface area contributed by atoms with Crippen LogP contribution >= 0.6 is 0 Å². The smallest absolute Gasteiger partial charge is 0.322 e. The number of esters is 1. The highest BCUT2D eigenvalue weighted by molar-refractivity contribution is 5.89. The highest BCUT2D eigenvalue weighted by atomic mass is 16.7. The summed E-state index contributed by atoms with van der Waals surface area (Å²) in [6, 6.07) is 1.29. The second kappa shape index (κ2) is 20.3. The van der Waals surface area contributed by atoms with Crippen molar-refractivity contribution in [2.24, 2.45) is 17.8 Å². The molecule has 3 aliphatic rings. The molecule has 3 saturated heterocycles. The number of likely N-dealkylation sites (N-methyl/N-ethyl adjacent to an activating group) is 1. The molecule has 17 heteroatoms. The number of carbonyl (C=O) groups is 2. The van der Waals surface area contributed by atoms with Crippen molar-refractivity contribution in [3.8, 4) is 0 Å². The fourth-order valence-electron chi connectivity index (χ4n) is 9.41. The Labute approximate surface area is 356 Å². The predicted octanol–water partition coefficient (Wildman–Crippen LogP) is 2.90. The van der Waals surface area contributed by atoms with Crippen molar-refractivity contribution in [2.45, 2.75) is 185 Å². The number of urea groups is 1. The molecule has 0 spiro atoms. The third-order valence-electron chi connectivity index (χ3n) is 13.1. The number of anilines is 1. The van der Waals surface area contributed by atoms with Gasteiger partial charge in [-0.1, -0.05) is 20.8 Å². The lowest BCUT2D eigenvalue weighted by Gasteiger charge is -2.48. The first kappa shape index (κ1) is 50.1. The first-order chi connectivity index (χ1) is 27.9. The van der Waals surface area contributed by atoms with Gasteiger partial charge in [0.05, 0.1) is 47.6 Å². The molecule has 0 bridgehead atoms. The zero-order chi connectivity index (χ0) is 45.1. The lowest BCUT2D eigenvalue weighted by atomic mass is 9.77. The zero-order valence-corrected chi connectivity index (χ0v) is 37.8. The Kier molecular flexibility index (Phi) is 17.0. The van der Waals surface area contributed by atoms with Crippen molar-refractivity contribution in [1.82, 2.24) is 14.8 Å². The van der Waals surface area contributed by atoms with Crippen molar-refractivity contribution >= 4 is 17.7 Å². The molecule has 2 amide bonds.